The van der Waals surface area contributed by atoms with E-state index >= 15 is 0 Å². The van der Waals surface area contributed by atoms with Crippen molar-refractivity contribution in [1.29, 1.82) is 0 Å². The fraction of sp³-hybridized carbons (Fsp3) is 0.333. The average molecular weight is 369 g/mol. The van der Waals surface area contributed by atoms with Gasteiger partial charge >= 0.3 is 0 Å². The summed E-state index contributed by atoms with van der Waals surface area (Å²) >= 11 is 0. The van der Waals surface area contributed by atoms with Crippen molar-refractivity contribution in [2.75, 3.05) is 24.6 Å². The molecule has 0 saturated carbocycles. The number of aromatic nitrogens is 2. The predicted molar refractivity (Wildman–Crippen MR) is 101 cm³/mol. The highest BCUT2D eigenvalue weighted by atomic mass is 19.1. The van der Waals surface area contributed by atoms with Gasteiger partial charge in [0.2, 0.25) is 0 Å². The quantitative estimate of drug-likeness (QED) is 0.761. The summed E-state index contributed by atoms with van der Waals surface area (Å²) in [6.45, 7) is 1.29. The van der Waals surface area contributed by atoms with E-state index < -0.39 is 17.0 Å². The molecule has 0 aliphatic carbocycles. The second-order valence-electron chi connectivity index (χ2n) is 7.31. The van der Waals surface area contributed by atoms with E-state index in [4.69, 9.17) is 4.98 Å². The van der Waals surface area contributed by atoms with Gasteiger partial charge in [0.15, 0.2) is 0 Å². The van der Waals surface area contributed by atoms with E-state index in [0.29, 0.717) is 18.5 Å². The topological polar surface area (TPSA) is 49.2 Å². The van der Waals surface area contributed by atoms with Crippen LogP contribution in [0, 0.1) is 17.0 Å². The predicted octanol–water partition coefficient (Wildman–Crippen LogP) is 3.73. The number of anilines is 1. The molecule has 1 N–H and O–H groups in total. The number of hydrogen-bond donors (Lipinski definition) is 1. The molecule has 1 fully saturated rings. The lowest BCUT2D eigenvalue weighted by Gasteiger charge is -2.42. The molecule has 2 aromatic carbocycles. The Labute approximate surface area is 156 Å². The number of fused-ring (bicyclic) bond motifs is 1. The maximum atomic E-state index is 14.1. The Balaban J connectivity index is 1.60. The van der Waals surface area contributed by atoms with Gasteiger partial charge < -0.3 is 10.0 Å². The molecular weight excluding hydrogens is 348 g/mol. The Kier molecular flexibility index (Phi) is 4.74. The van der Waals surface area contributed by atoms with Gasteiger partial charge in [0, 0.05) is 24.6 Å². The summed E-state index contributed by atoms with van der Waals surface area (Å²) in [6.07, 6.45) is 3.73. The van der Waals surface area contributed by atoms with Crippen molar-refractivity contribution in [3.63, 3.8) is 0 Å². The van der Waals surface area contributed by atoms with Gasteiger partial charge in [0.05, 0.1) is 23.8 Å². The molecule has 6 heteroatoms. The first-order valence-corrected chi connectivity index (χ1v) is 9.10. The summed E-state index contributed by atoms with van der Waals surface area (Å²) in [5, 5.41) is 10.1. The molecule has 1 aromatic heterocycles. The van der Waals surface area contributed by atoms with Crippen LogP contribution < -0.4 is 4.90 Å². The van der Waals surface area contributed by atoms with E-state index in [1.54, 1.807) is 6.20 Å². The van der Waals surface area contributed by atoms with Crippen LogP contribution in [-0.4, -0.2) is 34.8 Å². The Morgan fingerprint density at radius 1 is 1.11 bits per heavy atom. The molecule has 140 valence electrons. The number of piperidine rings is 1. The zero-order valence-corrected chi connectivity index (χ0v) is 14.9. The van der Waals surface area contributed by atoms with Gasteiger partial charge in [-0.3, -0.25) is 4.98 Å². The third-order valence-electron chi connectivity index (χ3n) is 5.34. The number of aliphatic hydroxyl groups excluding tert-OH is 1. The molecule has 0 radical (unpaired) electrons. The first-order valence-electron chi connectivity index (χ1n) is 9.10. The lowest BCUT2D eigenvalue weighted by Crippen LogP contribution is -2.47. The number of aliphatic hydroxyl groups is 1. The normalized spacial score (nSPS) is 20.2. The van der Waals surface area contributed by atoms with Crippen molar-refractivity contribution >= 4 is 16.9 Å². The van der Waals surface area contributed by atoms with Gasteiger partial charge in [0.1, 0.15) is 17.5 Å². The zero-order valence-electron chi connectivity index (χ0n) is 14.9. The number of hydrogen-bond acceptors (Lipinski definition) is 4. The van der Waals surface area contributed by atoms with Gasteiger partial charge in [-0.2, -0.15) is 0 Å². The Morgan fingerprint density at radius 2 is 1.93 bits per heavy atom. The maximum absolute atomic E-state index is 14.1. The van der Waals surface area contributed by atoms with Crippen LogP contribution in [0.4, 0.5) is 14.6 Å². The Hall–Kier alpha value is -2.60. The fourth-order valence-corrected chi connectivity index (χ4v) is 3.90. The minimum absolute atomic E-state index is 0.0681. The molecule has 0 spiro atoms. The van der Waals surface area contributed by atoms with Crippen LogP contribution in [0.2, 0.25) is 0 Å². The highest BCUT2D eigenvalue weighted by molar-refractivity contribution is 5.75. The van der Waals surface area contributed by atoms with E-state index in [-0.39, 0.29) is 6.61 Å². The van der Waals surface area contributed by atoms with E-state index in [9.17, 15) is 13.9 Å². The molecule has 1 aliphatic heterocycles. The molecule has 4 rings (SSSR count). The van der Waals surface area contributed by atoms with E-state index in [0.717, 1.165) is 42.3 Å². The minimum Gasteiger partial charge on any atom is -0.396 e. The highest BCUT2D eigenvalue weighted by Gasteiger charge is 2.36. The molecule has 1 saturated heterocycles. The van der Waals surface area contributed by atoms with Crippen molar-refractivity contribution in [3.8, 4) is 0 Å². The van der Waals surface area contributed by atoms with Gasteiger partial charge in [-0.05, 0) is 43.0 Å². The molecule has 0 bridgehead atoms. The minimum atomic E-state index is -0.592. The SMILES string of the molecule is OC[C@@]1(Cc2ccc(F)cc2F)CCCN(c2cnc3ccccc3n2)C1. The van der Waals surface area contributed by atoms with Crippen molar-refractivity contribution in [2.45, 2.75) is 19.3 Å². The van der Waals surface area contributed by atoms with Crippen molar-refractivity contribution in [1.82, 2.24) is 9.97 Å². The van der Waals surface area contributed by atoms with Gasteiger partial charge in [-0.15, -0.1) is 0 Å². The second-order valence-corrected chi connectivity index (χ2v) is 7.31. The van der Waals surface area contributed by atoms with E-state index in [1.807, 2.05) is 24.3 Å². The van der Waals surface area contributed by atoms with Gasteiger partial charge in [-0.25, -0.2) is 13.8 Å². The second kappa shape index (κ2) is 7.19. The van der Waals surface area contributed by atoms with Crippen LogP contribution in [0.1, 0.15) is 18.4 Å². The zero-order chi connectivity index (χ0) is 18.9. The van der Waals surface area contributed by atoms with Crippen molar-refractivity contribution in [2.24, 2.45) is 5.41 Å². The van der Waals surface area contributed by atoms with Crippen LogP contribution in [0.3, 0.4) is 0 Å². The van der Waals surface area contributed by atoms with Crippen LogP contribution in [0.25, 0.3) is 11.0 Å². The number of benzene rings is 2. The van der Waals surface area contributed by atoms with Gasteiger partial charge in [-0.1, -0.05) is 18.2 Å². The van der Waals surface area contributed by atoms with Crippen LogP contribution in [-0.2, 0) is 6.42 Å². The Morgan fingerprint density at radius 3 is 2.70 bits per heavy atom. The largest absolute Gasteiger partial charge is 0.396 e. The third kappa shape index (κ3) is 3.62. The average Bonchev–Trinajstić information content (AvgIpc) is 2.70. The van der Waals surface area contributed by atoms with Crippen LogP contribution in [0.5, 0.6) is 0 Å². The molecule has 2 heterocycles. The monoisotopic (exact) mass is 369 g/mol. The molecule has 1 aliphatic rings. The number of nitrogens with zero attached hydrogens (tertiary/aromatic N) is 3. The number of halogens is 2. The summed E-state index contributed by atoms with van der Waals surface area (Å²) in [5.74, 6) is -0.401. The number of para-hydroxylation sites is 2. The molecule has 4 nitrogen and oxygen atoms in total. The third-order valence-corrected chi connectivity index (χ3v) is 5.34. The molecule has 1 atom stereocenters. The standard InChI is InChI=1S/C21H21F2N3O/c22-16-7-6-15(17(23)10-16)11-21(14-27)8-3-9-26(13-21)20-12-24-18-4-1-2-5-19(18)25-20/h1-2,4-7,10,12,27H,3,8-9,11,13-14H2/t21-/m1/s1. The molecule has 3 aromatic rings. The van der Waals surface area contributed by atoms with E-state index in [2.05, 4.69) is 9.88 Å². The highest BCUT2D eigenvalue weighted by Crippen LogP contribution is 2.35. The smallest absolute Gasteiger partial charge is 0.147 e. The lowest BCUT2D eigenvalue weighted by molar-refractivity contribution is 0.104. The lowest BCUT2D eigenvalue weighted by atomic mass is 9.75. The summed E-state index contributed by atoms with van der Waals surface area (Å²) in [6, 6.07) is 11.3. The molecule has 27 heavy (non-hydrogen) atoms. The van der Waals surface area contributed by atoms with Crippen molar-refractivity contribution < 1.29 is 13.9 Å². The van der Waals surface area contributed by atoms with Crippen LogP contribution in [0.15, 0.2) is 48.7 Å². The first-order chi connectivity index (χ1) is 13.1. The van der Waals surface area contributed by atoms with Crippen LogP contribution >= 0.6 is 0 Å². The fourth-order valence-electron chi connectivity index (χ4n) is 3.90. The molecular formula is C21H21F2N3O. The summed E-state index contributed by atoms with van der Waals surface area (Å²) in [4.78, 5) is 11.3. The summed E-state index contributed by atoms with van der Waals surface area (Å²) < 4.78 is 27.4. The molecule has 0 amide bonds. The van der Waals surface area contributed by atoms with E-state index in [1.165, 1.54) is 12.1 Å². The first kappa shape index (κ1) is 17.8. The van der Waals surface area contributed by atoms with Crippen molar-refractivity contribution in [3.05, 3.63) is 65.9 Å². The summed E-state index contributed by atoms with van der Waals surface area (Å²) in [5.41, 5.74) is 1.58. The molecule has 0 unspecified atom stereocenters. The maximum Gasteiger partial charge on any atom is 0.147 e. The summed E-state index contributed by atoms with van der Waals surface area (Å²) in [7, 11) is 0. The Bertz CT molecular complexity index is 965. The van der Waals surface area contributed by atoms with Gasteiger partial charge in [0.25, 0.3) is 0 Å². The number of rotatable bonds is 4.